The molecule has 0 N–H and O–H groups in total. The van der Waals surface area contributed by atoms with Crippen molar-refractivity contribution in [1.82, 2.24) is 0 Å². The lowest BCUT2D eigenvalue weighted by molar-refractivity contribution is -0.138. The lowest BCUT2D eigenvalue weighted by Gasteiger charge is -2.59. The van der Waals surface area contributed by atoms with Gasteiger partial charge in [-0.25, -0.2) is 0 Å². The van der Waals surface area contributed by atoms with E-state index in [1.807, 2.05) is 0 Å². The minimum absolute atomic E-state index is 0.0463. The van der Waals surface area contributed by atoms with Crippen molar-refractivity contribution in [2.45, 2.75) is 65.2 Å². The maximum absolute atomic E-state index is 12.4. The van der Waals surface area contributed by atoms with Gasteiger partial charge in [0.1, 0.15) is 5.78 Å². The Labute approximate surface area is 138 Å². The van der Waals surface area contributed by atoms with E-state index < -0.39 is 0 Å². The molecule has 0 spiro atoms. The number of carbonyl (C=O) groups is 2. The van der Waals surface area contributed by atoms with Crippen LogP contribution in [0.15, 0.2) is 0 Å². The number of thiocarbonyl (C=S) groups is 1. The van der Waals surface area contributed by atoms with Gasteiger partial charge in [-0.15, -0.1) is 0 Å². The first-order chi connectivity index (χ1) is 10.4. The minimum atomic E-state index is -0.0463. The molecule has 0 bridgehead atoms. The first kappa shape index (κ1) is 15.0. The quantitative estimate of drug-likeness (QED) is 0.629. The highest BCUT2D eigenvalue weighted by Gasteiger charge is 2.60. The molecule has 0 aromatic heterocycles. The molecule has 3 heteroatoms. The molecule has 4 unspecified atom stereocenters. The maximum Gasteiger partial charge on any atom is 0.169 e. The van der Waals surface area contributed by atoms with Crippen LogP contribution in [0.4, 0.5) is 0 Å². The van der Waals surface area contributed by atoms with Gasteiger partial charge in [0.15, 0.2) is 5.78 Å². The molecule has 0 aromatic carbocycles. The average molecular weight is 318 g/mol. The fourth-order valence-corrected chi connectivity index (χ4v) is 7.09. The van der Waals surface area contributed by atoms with E-state index in [4.69, 9.17) is 12.2 Å². The number of fused-ring (bicyclic) bond motifs is 5. The van der Waals surface area contributed by atoms with Crippen LogP contribution in [0.3, 0.4) is 0 Å². The highest BCUT2D eigenvalue weighted by Crippen LogP contribution is 2.64. The van der Waals surface area contributed by atoms with Gasteiger partial charge in [-0.2, -0.15) is 0 Å². The molecular weight excluding hydrogens is 292 g/mol. The smallest absolute Gasteiger partial charge is 0.169 e. The Morgan fingerprint density at radius 1 is 1.05 bits per heavy atom. The zero-order valence-electron chi connectivity index (χ0n) is 13.7. The summed E-state index contributed by atoms with van der Waals surface area (Å²) in [7, 11) is 0. The molecule has 22 heavy (non-hydrogen) atoms. The topological polar surface area (TPSA) is 34.1 Å². The number of ketones is 2. The second-order valence-electron chi connectivity index (χ2n) is 8.80. The normalized spacial score (nSPS) is 51.3. The minimum Gasteiger partial charge on any atom is -0.299 e. The SMILES string of the molecule is C[C@]12CC(=S)C(=O)CC1CCC1C2CC[C@]2(C)C(=O)CCC12. The number of carbonyl (C=O) groups excluding carboxylic acids is 2. The van der Waals surface area contributed by atoms with Gasteiger partial charge in [0, 0.05) is 18.3 Å². The van der Waals surface area contributed by atoms with Crippen LogP contribution in [0.5, 0.6) is 0 Å². The summed E-state index contributed by atoms with van der Waals surface area (Å²) in [6.07, 6.45) is 7.99. The highest BCUT2D eigenvalue weighted by atomic mass is 32.1. The maximum atomic E-state index is 12.4. The lowest BCUT2D eigenvalue weighted by Crippen LogP contribution is -2.55. The average Bonchev–Trinajstić information content (AvgIpc) is 2.77. The van der Waals surface area contributed by atoms with Crippen molar-refractivity contribution in [2.24, 2.45) is 34.5 Å². The first-order valence-electron chi connectivity index (χ1n) is 8.95. The van der Waals surface area contributed by atoms with E-state index in [2.05, 4.69) is 13.8 Å². The number of hydrogen-bond acceptors (Lipinski definition) is 3. The Kier molecular flexibility index (Phi) is 3.21. The molecular formula is C19H26O2S. The van der Waals surface area contributed by atoms with E-state index in [0.29, 0.717) is 40.7 Å². The third-order valence-corrected chi connectivity index (χ3v) is 8.43. The summed E-state index contributed by atoms with van der Waals surface area (Å²) in [5, 5.41) is 0. The van der Waals surface area contributed by atoms with Crippen molar-refractivity contribution in [2.75, 3.05) is 0 Å². The Morgan fingerprint density at radius 3 is 2.59 bits per heavy atom. The van der Waals surface area contributed by atoms with Crippen LogP contribution in [0.1, 0.15) is 65.2 Å². The molecule has 0 aromatic rings. The van der Waals surface area contributed by atoms with E-state index in [9.17, 15) is 9.59 Å². The van der Waals surface area contributed by atoms with E-state index >= 15 is 0 Å². The van der Waals surface area contributed by atoms with E-state index in [1.165, 1.54) is 6.42 Å². The second-order valence-corrected chi connectivity index (χ2v) is 9.29. The number of hydrogen-bond donors (Lipinski definition) is 0. The van der Waals surface area contributed by atoms with Crippen LogP contribution in [0.25, 0.3) is 0 Å². The summed E-state index contributed by atoms with van der Waals surface area (Å²) < 4.78 is 0. The lowest BCUT2D eigenvalue weighted by atomic mass is 9.45. The fraction of sp³-hybridized carbons (Fsp3) is 0.842. The van der Waals surface area contributed by atoms with Crippen molar-refractivity contribution >= 4 is 28.6 Å². The summed E-state index contributed by atoms with van der Waals surface area (Å²) >= 11 is 5.39. The van der Waals surface area contributed by atoms with Crippen LogP contribution in [-0.2, 0) is 9.59 Å². The molecule has 4 aliphatic rings. The summed E-state index contributed by atoms with van der Waals surface area (Å²) in [5.41, 5.74) is 0.163. The monoisotopic (exact) mass is 318 g/mol. The summed E-state index contributed by atoms with van der Waals surface area (Å²) in [5.74, 6) is 3.20. The van der Waals surface area contributed by atoms with E-state index in [-0.39, 0.29) is 16.6 Å². The van der Waals surface area contributed by atoms with Crippen LogP contribution in [0, 0.1) is 34.5 Å². The van der Waals surface area contributed by atoms with Gasteiger partial charge >= 0.3 is 0 Å². The van der Waals surface area contributed by atoms with Gasteiger partial charge in [0.2, 0.25) is 0 Å². The molecule has 0 aliphatic heterocycles. The predicted octanol–water partition coefficient (Wildman–Crippen LogP) is 4.15. The molecule has 2 nitrogen and oxygen atoms in total. The van der Waals surface area contributed by atoms with Crippen LogP contribution >= 0.6 is 12.2 Å². The first-order valence-corrected chi connectivity index (χ1v) is 9.36. The van der Waals surface area contributed by atoms with Gasteiger partial charge < -0.3 is 0 Å². The van der Waals surface area contributed by atoms with Gasteiger partial charge in [-0.3, -0.25) is 9.59 Å². The Hall–Kier alpha value is -0.570. The Morgan fingerprint density at radius 2 is 1.82 bits per heavy atom. The zero-order valence-corrected chi connectivity index (χ0v) is 14.5. The van der Waals surface area contributed by atoms with Crippen molar-refractivity contribution < 1.29 is 9.59 Å². The summed E-state index contributed by atoms with van der Waals surface area (Å²) in [4.78, 5) is 25.1. The predicted molar refractivity (Wildman–Crippen MR) is 89.7 cm³/mol. The van der Waals surface area contributed by atoms with Gasteiger partial charge in [-0.05, 0) is 67.6 Å². The van der Waals surface area contributed by atoms with Gasteiger partial charge in [0.25, 0.3) is 0 Å². The number of rotatable bonds is 0. The molecule has 0 amide bonds. The summed E-state index contributed by atoms with van der Waals surface area (Å²) in [6, 6.07) is 0. The third kappa shape index (κ3) is 1.81. The Balaban J connectivity index is 1.67. The largest absolute Gasteiger partial charge is 0.299 e. The second kappa shape index (κ2) is 4.72. The van der Waals surface area contributed by atoms with Gasteiger partial charge in [-0.1, -0.05) is 26.1 Å². The van der Waals surface area contributed by atoms with E-state index in [1.54, 1.807) is 0 Å². The zero-order chi connectivity index (χ0) is 15.7. The van der Waals surface area contributed by atoms with Crippen LogP contribution < -0.4 is 0 Å². The Bertz CT molecular complexity index is 568. The molecule has 120 valence electrons. The molecule has 0 heterocycles. The van der Waals surface area contributed by atoms with Crippen molar-refractivity contribution in [3.8, 4) is 0 Å². The molecule has 0 radical (unpaired) electrons. The van der Waals surface area contributed by atoms with Crippen LogP contribution in [0.2, 0.25) is 0 Å². The van der Waals surface area contributed by atoms with Crippen LogP contribution in [-0.4, -0.2) is 16.4 Å². The third-order valence-electron chi connectivity index (χ3n) is 8.06. The van der Waals surface area contributed by atoms with Crippen molar-refractivity contribution in [1.29, 1.82) is 0 Å². The molecule has 4 saturated carbocycles. The molecule has 4 fully saturated rings. The standard InChI is InChI=1S/C19H26O2S/c1-18-8-7-14-12(13(18)5-6-17(18)21)4-3-11-9-15(20)16(22)10-19(11,14)2/h11-14H,3-10H2,1-2H3/t11?,12?,13?,14?,18-,19-/m0/s1. The molecule has 0 saturated heterocycles. The summed E-state index contributed by atoms with van der Waals surface area (Å²) in [6.45, 7) is 4.62. The van der Waals surface area contributed by atoms with E-state index in [0.717, 1.165) is 38.5 Å². The van der Waals surface area contributed by atoms with Gasteiger partial charge in [0.05, 0.1) is 4.86 Å². The van der Waals surface area contributed by atoms with Crippen molar-refractivity contribution in [3.05, 3.63) is 0 Å². The fourth-order valence-electron chi connectivity index (χ4n) is 6.70. The molecule has 6 atom stereocenters. The molecule has 4 aliphatic carbocycles. The molecule has 4 rings (SSSR count). The van der Waals surface area contributed by atoms with Crippen molar-refractivity contribution in [3.63, 3.8) is 0 Å². The highest BCUT2D eigenvalue weighted by molar-refractivity contribution is 7.82. The number of Topliss-reactive ketones (excluding diaryl/α,β-unsaturated/α-hetero) is 2.